The second kappa shape index (κ2) is 5.50. The molecule has 0 saturated heterocycles. The lowest BCUT2D eigenvalue weighted by molar-refractivity contribution is -0.122. The molecule has 1 fully saturated rings. The van der Waals surface area contributed by atoms with E-state index in [-0.39, 0.29) is 17.7 Å². The van der Waals surface area contributed by atoms with Gasteiger partial charge in [-0.25, -0.2) is 0 Å². The molecule has 2 rings (SSSR count). The number of rotatable bonds is 4. The van der Waals surface area contributed by atoms with Gasteiger partial charge in [-0.05, 0) is 30.0 Å². The van der Waals surface area contributed by atoms with E-state index in [1.54, 1.807) is 0 Å². The standard InChI is InChI=1S/C14H17Cl2NO/c1-8-6-10(8)14(18)17-7-9(2)13-11(15)4-3-5-12(13)16/h3-5,8-10H,6-7H2,1-2H3,(H,17,18)/t8-,9-,10-/m1/s1. The maximum absolute atomic E-state index is 11.7. The average Bonchev–Trinajstić information content (AvgIpc) is 3.03. The number of hydrogen-bond acceptors (Lipinski definition) is 1. The van der Waals surface area contributed by atoms with E-state index in [0.29, 0.717) is 22.5 Å². The molecule has 0 aliphatic heterocycles. The molecular weight excluding hydrogens is 269 g/mol. The van der Waals surface area contributed by atoms with Crippen LogP contribution in [0.15, 0.2) is 18.2 Å². The molecule has 1 aromatic rings. The zero-order valence-corrected chi connectivity index (χ0v) is 12.1. The van der Waals surface area contributed by atoms with Crippen molar-refractivity contribution in [3.8, 4) is 0 Å². The van der Waals surface area contributed by atoms with Crippen molar-refractivity contribution in [2.75, 3.05) is 6.54 Å². The summed E-state index contributed by atoms with van der Waals surface area (Å²) in [5.74, 6) is 1.00. The number of carbonyl (C=O) groups is 1. The molecule has 0 spiro atoms. The molecule has 98 valence electrons. The van der Waals surface area contributed by atoms with Crippen LogP contribution in [0.3, 0.4) is 0 Å². The van der Waals surface area contributed by atoms with E-state index in [4.69, 9.17) is 23.2 Å². The van der Waals surface area contributed by atoms with Crippen LogP contribution in [0.4, 0.5) is 0 Å². The van der Waals surface area contributed by atoms with E-state index in [0.717, 1.165) is 12.0 Å². The molecule has 1 amide bonds. The van der Waals surface area contributed by atoms with E-state index in [1.807, 2.05) is 25.1 Å². The fourth-order valence-corrected chi connectivity index (χ4v) is 2.93. The molecule has 0 heterocycles. The lowest BCUT2D eigenvalue weighted by atomic mass is 10.0. The van der Waals surface area contributed by atoms with Gasteiger partial charge >= 0.3 is 0 Å². The van der Waals surface area contributed by atoms with Crippen molar-refractivity contribution in [3.63, 3.8) is 0 Å². The van der Waals surface area contributed by atoms with Gasteiger partial charge in [0.15, 0.2) is 0 Å². The summed E-state index contributed by atoms with van der Waals surface area (Å²) >= 11 is 12.3. The third-order valence-corrected chi connectivity index (χ3v) is 4.18. The molecule has 0 radical (unpaired) electrons. The fraction of sp³-hybridized carbons (Fsp3) is 0.500. The van der Waals surface area contributed by atoms with Gasteiger partial charge in [-0.3, -0.25) is 4.79 Å². The molecule has 3 atom stereocenters. The molecule has 2 nitrogen and oxygen atoms in total. The Hall–Kier alpha value is -0.730. The number of carbonyl (C=O) groups excluding carboxylic acids is 1. The fourth-order valence-electron chi connectivity index (χ4n) is 2.16. The van der Waals surface area contributed by atoms with Crippen molar-refractivity contribution in [1.29, 1.82) is 0 Å². The Bertz CT molecular complexity index is 441. The minimum Gasteiger partial charge on any atom is -0.355 e. The lowest BCUT2D eigenvalue weighted by Gasteiger charge is -2.16. The summed E-state index contributed by atoms with van der Waals surface area (Å²) in [5, 5.41) is 4.28. The van der Waals surface area contributed by atoms with Crippen LogP contribution in [0.2, 0.25) is 10.0 Å². The van der Waals surface area contributed by atoms with E-state index in [9.17, 15) is 4.79 Å². The molecular formula is C14H17Cl2NO. The Morgan fingerprint density at radius 3 is 2.50 bits per heavy atom. The Balaban J connectivity index is 1.95. The van der Waals surface area contributed by atoms with E-state index >= 15 is 0 Å². The molecule has 18 heavy (non-hydrogen) atoms. The summed E-state index contributed by atoms with van der Waals surface area (Å²) in [6, 6.07) is 5.47. The zero-order valence-electron chi connectivity index (χ0n) is 10.5. The van der Waals surface area contributed by atoms with Crippen LogP contribution in [-0.4, -0.2) is 12.5 Å². The molecule has 1 N–H and O–H groups in total. The molecule has 1 saturated carbocycles. The van der Waals surface area contributed by atoms with E-state index < -0.39 is 0 Å². The van der Waals surface area contributed by atoms with Crippen molar-refractivity contribution in [2.45, 2.75) is 26.2 Å². The van der Waals surface area contributed by atoms with Gasteiger partial charge in [-0.1, -0.05) is 43.1 Å². The minimum absolute atomic E-state index is 0.115. The second-order valence-corrected chi connectivity index (χ2v) is 5.92. The predicted octanol–water partition coefficient (Wildman–Crippen LogP) is 3.87. The average molecular weight is 286 g/mol. The predicted molar refractivity (Wildman–Crippen MR) is 75.2 cm³/mol. The summed E-state index contributed by atoms with van der Waals surface area (Å²) in [4.78, 5) is 11.7. The highest BCUT2D eigenvalue weighted by atomic mass is 35.5. The van der Waals surface area contributed by atoms with Gasteiger partial charge in [-0.15, -0.1) is 0 Å². The Morgan fingerprint density at radius 1 is 1.44 bits per heavy atom. The molecule has 0 bridgehead atoms. The third-order valence-electron chi connectivity index (χ3n) is 3.52. The van der Waals surface area contributed by atoms with Crippen molar-refractivity contribution in [3.05, 3.63) is 33.8 Å². The van der Waals surface area contributed by atoms with Gasteiger partial charge in [0.1, 0.15) is 0 Å². The Labute approximate surface area is 118 Å². The van der Waals surface area contributed by atoms with Gasteiger partial charge in [0.2, 0.25) is 5.91 Å². The maximum Gasteiger partial charge on any atom is 0.223 e. The van der Waals surface area contributed by atoms with Gasteiger partial charge in [0, 0.05) is 28.4 Å². The zero-order chi connectivity index (χ0) is 13.3. The van der Waals surface area contributed by atoms with Crippen LogP contribution in [0, 0.1) is 11.8 Å². The van der Waals surface area contributed by atoms with E-state index in [2.05, 4.69) is 12.2 Å². The summed E-state index contributed by atoms with van der Waals surface area (Å²) < 4.78 is 0. The number of benzene rings is 1. The highest BCUT2D eigenvalue weighted by Gasteiger charge is 2.38. The third kappa shape index (κ3) is 2.99. The topological polar surface area (TPSA) is 29.1 Å². The van der Waals surface area contributed by atoms with Gasteiger partial charge in [0.05, 0.1) is 0 Å². The number of hydrogen-bond donors (Lipinski definition) is 1. The summed E-state index contributed by atoms with van der Waals surface area (Å²) in [5.41, 5.74) is 0.907. The van der Waals surface area contributed by atoms with Crippen molar-refractivity contribution < 1.29 is 4.79 Å². The van der Waals surface area contributed by atoms with Gasteiger partial charge in [-0.2, -0.15) is 0 Å². The maximum atomic E-state index is 11.7. The first-order valence-electron chi connectivity index (χ1n) is 6.22. The summed E-state index contributed by atoms with van der Waals surface area (Å²) in [6.45, 7) is 4.69. The van der Waals surface area contributed by atoms with Crippen molar-refractivity contribution >= 4 is 29.1 Å². The highest BCUT2D eigenvalue weighted by Crippen LogP contribution is 2.38. The summed E-state index contributed by atoms with van der Waals surface area (Å²) in [7, 11) is 0. The quantitative estimate of drug-likeness (QED) is 0.894. The Kier molecular flexibility index (Phi) is 4.18. The summed E-state index contributed by atoms with van der Waals surface area (Å²) in [6.07, 6.45) is 1.01. The van der Waals surface area contributed by atoms with Crippen LogP contribution in [-0.2, 0) is 4.79 Å². The second-order valence-electron chi connectivity index (χ2n) is 5.10. The van der Waals surface area contributed by atoms with Crippen molar-refractivity contribution in [2.24, 2.45) is 11.8 Å². The van der Waals surface area contributed by atoms with Crippen molar-refractivity contribution in [1.82, 2.24) is 5.32 Å². The van der Waals surface area contributed by atoms with Crippen LogP contribution < -0.4 is 5.32 Å². The first-order valence-corrected chi connectivity index (χ1v) is 6.98. The lowest BCUT2D eigenvalue weighted by Crippen LogP contribution is -2.29. The molecule has 1 aromatic carbocycles. The van der Waals surface area contributed by atoms with Crippen LogP contribution in [0.1, 0.15) is 31.7 Å². The van der Waals surface area contributed by atoms with Gasteiger partial charge in [0.25, 0.3) is 0 Å². The Morgan fingerprint density at radius 2 is 2.00 bits per heavy atom. The normalized spacial score (nSPS) is 23.6. The molecule has 0 aromatic heterocycles. The number of amides is 1. The molecule has 4 heteroatoms. The first kappa shape index (κ1) is 13.7. The van der Waals surface area contributed by atoms with Crippen LogP contribution in [0.5, 0.6) is 0 Å². The van der Waals surface area contributed by atoms with E-state index in [1.165, 1.54) is 0 Å². The monoisotopic (exact) mass is 285 g/mol. The largest absolute Gasteiger partial charge is 0.355 e. The SMILES string of the molecule is C[C@H](CNC(=O)[C@@H]1C[C@H]1C)c1c(Cl)cccc1Cl. The van der Waals surface area contributed by atoms with Gasteiger partial charge < -0.3 is 5.32 Å². The first-order chi connectivity index (χ1) is 8.50. The molecule has 1 aliphatic carbocycles. The number of halogens is 2. The van der Waals surface area contributed by atoms with Crippen LogP contribution >= 0.6 is 23.2 Å². The smallest absolute Gasteiger partial charge is 0.223 e. The van der Waals surface area contributed by atoms with Crippen LogP contribution in [0.25, 0.3) is 0 Å². The minimum atomic E-state index is 0.115. The molecule has 0 unspecified atom stereocenters. The highest BCUT2D eigenvalue weighted by molar-refractivity contribution is 6.36. The number of nitrogens with one attached hydrogen (secondary N) is 1. The molecule has 1 aliphatic rings.